The summed E-state index contributed by atoms with van der Waals surface area (Å²) in [4.78, 5) is 22.0. The van der Waals surface area contributed by atoms with Crippen molar-refractivity contribution < 1.29 is 13.2 Å². The highest BCUT2D eigenvalue weighted by molar-refractivity contribution is 7.99. The number of carbonyl (C=O) groups excluding carboxylic acids is 1. The largest absolute Gasteiger partial charge is 0.347 e. The third-order valence-corrected chi connectivity index (χ3v) is 7.86. The van der Waals surface area contributed by atoms with Gasteiger partial charge in [-0.05, 0) is 43.9 Å². The van der Waals surface area contributed by atoms with Crippen LogP contribution in [0.4, 0.5) is 5.69 Å². The summed E-state index contributed by atoms with van der Waals surface area (Å²) in [5, 5.41) is 0.755. The van der Waals surface area contributed by atoms with E-state index in [9.17, 15) is 13.2 Å². The first kappa shape index (κ1) is 27.9. The lowest BCUT2D eigenvalue weighted by Crippen LogP contribution is -2.43. The first-order valence-corrected chi connectivity index (χ1v) is 15.1. The number of hydrogen-bond acceptors (Lipinski definition) is 8. The van der Waals surface area contributed by atoms with Crippen molar-refractivity contribution in [2.45, 2.75) is 25.8 Å². The molecule has 1 aromatic carbocycles. The Kier molecular flexibility index (Phi) is 10.00. The Morgan fingerprint density at radius 1 is 1.31 bits per heavy atom. The molecule has 2 aliphatic rings. The highest BCUT2D eigenvalue weighted by atomic mass is 35.5. The van der Waals surface area contributed by atoms with Gasteiger partial charge in [0.05, 0.1) is 29.4 Å². The lowest BCUT2D eigenvalue weighted by atomic mass is 9.91. The number of halogens is 2. The standard InChI is InChI=1S/C22H32Cl2N6O3S2/c1-15(26-20(24)12-21(27-25-2)30-9-10-34-14-30)16-5-4-8-29(13-16)22(31)18-11-17(23)6-7-19(18)28-35(3,32)33/h6-7,11-12,15-16,25,27-28H,4-5,8-10,13-14H2,1-3H3/b21-12+,26-20?/t15?,16-/m0/s1. The number of amides is 1. The average Bonchev–Trinajstić information content (AvgIpc) is 3.33. The van der Waals surface area contributed by atoms with E-state index in [4.69, 9.17) is 28.2 Å². The number of benzene rings is 1. The van der Waals surface area contributed by atoms with E-state index in [1.54, 1.807) is 18.0 Å². The van der Waals surface area contributed by atoms with E-state index in [0.717, 1.165) is 43.1 Å². The van der Waals surface area contributed by atoms with E-state index < -0.39 is 10.0 Å². The average molecular weight is 564 g/mol. The molecular formula is C22H32Cl2N6O3S2. The number of carbonyl (C=O) groups is 1. The molecule has 9 nitrogen and oxygen atoms in total. The molecule has 1 aromatic rings. The zero-order valence-electron chi connectivity index (χ0n) is 20.1. The number of piperidine rings is 1. The Morgan fingerprint density at radius 2 is 2.09 bits per heavy atom. The van der Waals surface area contributed by atoms with Crippen LogP contribution in [0.25, 0.3) is 0 Å². The van der Waals surface area contributed by atoms with Gasteiger partial charge in [0.2, 0.25) is 10.0 Å². The summed E-state index contributed by atoms with van der Waals surface area (Å²) in [5.41, 5.74) is 6.51. The number of allylic oxidation sites excluding steroid dienone is 1. The molecule has 2 fully saturated rings. The maximum atomic E-state index is 13.4. The van der Waals surface area contributed by atoms with Gasteiger partial charge in [-0.1, -0.05) is 23.2 Å². The highest BCUT2D eigenvalue weighted by Gasteiger charge is 2.29. The van der Waals surface area contributed by atoms with Gasteiger partial charge in [0.15, 0.2) is 0 Å². The minimum atomic E-state index is -3.55. The molecular weight excluding hydrogens is 531 g/mol. The Morgan fingerprint density at radius 3 is 2.74 bits per heavy atom. The zero-order valence-corrected chi connectivity index (χ0v) is 23.2. The van der Waals surface area contributed by atoms with Crippen LogP contribution in [0.5, 0.6) is 0 Å². The molecule has 194 valence electrons. The normalized spacial score (nSPS) is 20.7. The summed E-state index contributed by atoms with van der Waals surface area (Å²) in [6, 6.07) is 4.45. The van der Waals surface area contributed by atoms with Crippen LogP contribution < -0.4 is 15.6 Å². The minimum Gasteiger partial charge on any atom is -0.347 e. The van der Waals surface area contributed by atoms with Gasteiger partial charge in [-0.15, -0.1) is 11.8 Å². The molecule has 2 atom stereocenters. The van der Waals surface area contributed by atoms with Crippen molar-refractivity contribution in [2.24, 2.45) is 10.9 Å². The molecule has 0 saturated carbocycles. The van der Waals surface area contributed by atoms with Crippen LogP contribution in [-0.4, -0.2) is 79.9 Å². The molecule has 0 spiro atoms. The molecule has 13 heteroatoms. The van der Waals surface area contributed by atoms with Gasteiger partial charge in [-0.3, -0.25) is 14.5 Å². The van der Waals surface area contributed by atoms with Crippen molar-refractivity contribution >= 4 is 61.8 Å². The molecule has 2 saturated heterocycles. The van der Waals surface area contributed by atoms with Crippen molar-refractivity contribution in [3.8, 4) is 0 Å². The Bertz CT molecular complexity index is 1080. The number of thioether (sulfide) groups is 1. The first-order chi connectivity index (χ1) is 16.6. The van der Waals surface area contributed by atoms with Crippen LogP contribution in [0.2, 0.25) is 5.02 Å². The monoisotopic (exact) mass is 562 g/mol. The van der Waals surface area contributed by atoms with E-state index >= 15 is 0 Å². The van der Waals surface area contributed by atoms with E-state index in [1.807, 2.05) is 24.8 Å². The smallest absolute Gasteiger partial charge is 0.256 e. The summed E-state index contributed by atoms with van der Waals surface area (Å²) in [7, 11) is -1.75. The second kappa shape index (κ2) is 12.5. The van der Waals surface area contributed by atoms with E-state index in [0.29, 0.717) is 23.3 Å². The maximum Gasteiger partial charge on any atom is 0.256 e. The van der Waals surface area contributed by atoms with Crippen molar-refractivity contribution in [1.82, 2.24) is 20.7 Å². The first-order valence-electron chi connectivity index (χ1n) is 11.3. The van der Waals surface area contributed by atoms with Crippen LogP contribution in [0, 0.1) is 5.92 Å². The van der Waals surface area contributed by atoms with Crippen LogP contribution in [0.15, 0.2) is 35.1 Å². The third kappa shape index (κ3) is 8.18. The minimum absolute atomic E-state index is 0.105. The summed E-state index contributed by atoms with van der Waals surface area (Å²) in [6.45, 7) is 4.01. The highest BCUT2D eigenvalue weighted by Crippen LogP contribution is 2.28. The summed E-state index contributed by atoms with van der Waals surface area (Å²) in [6.07, 6.45) is 4.60. The molecule has 35 heavy (non-hydrogen) atoms. The molecule has 3 rings (SSSR count). The van der Waals surface area contributed by atoms with Crippen LogP contribution in [-0.2, 0) is 10.0 Å². The van der Waals surface area contributed by atoms with Crippen LogP contribution >= 0.6 is 35.0 Å². The number of nitrogens with one attached hydrogen (secondary N) is 3. The topological polar surface area (TPSA) is 106 Å². The molecule has 0 aliphatic carbocycles. The molecule has 2 heterocycles. The van der Waals surface area contributed by atoms with Gasteiger partial charge in [0.25, 0.3) is 5.91 Å². The van der Waals surface area contributed by atoms with Gasteiger partial charge in [-0.2, -0.15) is 0 Å². The van der Waals surface area contributed by atoms with Crippen molar-refractivity contribution in [1.29, 1.82) is 0 Å². The van der Waals surface area contributed by atoms with Gasteiger partial charge in [-0.25, -0.2) is 13.8 Å². The number of anilines is 1. The lowest BCUT2D eigenvalue weighted by Gasteiger charge is -2.35. The Hall–Kier alpha value is -1.66. The van der Waals surface area contributed by atoms with Crippen LogP contribution in [0.3, 0.4) is 0 Å². The quantitative estimate of drug-likeness (QED) is 0.313. The Labute approximate surface area is 221 Å². The van der Waals surface area contributed by atoms with Gasteiger partial charge < -0.3 is 15.2 Å². The van der Waals surface area contributed by atoms with Crippen molar-refractivity contribution in [3.63, 3.8) is 0 Å². The second-order valence-corrected chi connectivity index (χ2v) is 12.3. The van der Waals surface area contributed by atoms with Crippen molar-refractivity contribution in [3.05, 3.63) is 40.7 Å². The zero-order chi connectivity index (χ0) is 25.6. The van der Waals surface area contributed by atoms with Gasteiger partial charge in [0.1, 0.15) is 11.0 Å². The predicted octanol–water partition coefficient (Wildman–Crippen LogP) is 3.16. The summed E-state index contributed by atoms with van der Waals surface area (Å²) in [5.74, 6) is 2.67. The van der Waals surface area contributed by atoms with Crippen molar-refractivity contribution in [2.75, 3.05) is 49.3 Å². The van der Waals surface area contributed by atoms with E-state index in [1.165, 1.54) is 12.1 Å². The Balaban J connectivity index is 1.73. The fraction of sp³-hybridized carbons (Fsp3) is 0.545. The summed E-state index contributed by atoms with van der Waals surface area (Å²) < 4.78 is 25.9. The van der Waals surface area contributed by atoms with Crippen LogP contribution in [0.1, 0.15) is 30.1 Å². The molecule has 0 aromatic heterocycles. The summed E-state index contributed by atoms with van der Waals surface area (Å²) >= 11 is 14.5. The van der Waals surface area contributed by atoms with E-state index in [2.05, 4.69) is 20.5 Å². The number of nitrogens with zero attached hydrogens (tertiary/aromatic N) is 3. The van der Waals surface area contributed by atoms with Gasteiger partial charge >= 0.3 is 0 Å². The molecule has 0 radical (unpaired) electrons. The third-order valence-electron chi connectivity index (χ3n) is 5.86. The fourth-order valence-electron chi connectivity index (χ4n) is 4.13. The molecule has 1 amide bonds. The maximum absolute atomic E-state index is 13.4. The lowest BCUT2D eigenvalue weighted by molar-refractivity contribution is 0.0662. The van der Waals surface area contributed by atoms with E-state index in [-0.39, 0.29) is 29.1 Å². The SMILES string of the molecule is CNN/C(=C\C(Cl)=NC(C)[C@H]1CCCN(C(=O)c2cc(Cl)ccc2NS(C)(=O)=O)C1)N1CCSC1. The number of likely N-dealkylation sites (tertiary alicyclic amines) is 1. The molecule has 1 unspecified atom stereocenters. The fourth-order valence-corrected chi connectivity index (χ4v) is 6.10. The number of hydrogen-bond donors (Lipinski definition) is 3. The molecule has 0 bridgehead atoms. The second-order valence-electron chi connectivity index (χ2n) is 8.62. The number of sulfonamides is 1. The predicted molar refractivity (Wildman–Crippen MR) is 146 cm³/mol. The number of hydrazine groups is 1. The van der Waals surface area contributed by atoms with Gasteiger partial charge in [0, 0.05) is 43.5 Å². The number of rotatable bonds is 9. The molecule has 2 aliphatic heterocycles. The number of aliphatic imine (C=N–C) groups is 1. The molecule has 3 N–H and O–H groups in total.